The average Bonchev–Trinajstić information content (AvgIpc) is 3.16. The minimum absolute atomic E-state index is 0.130. The number of aryl methyl sites for hydroxylation is 2. The first kappa shape index (κ1) is 20.4. The van der Waals surface area contributed by atoms with Crippen molar-refractivity contribution in [2.45, 2.75) is 25.1 Å². The van der Waals surface area contributed by atoms with Crippen molar-refractivity contribution in [3.63, 3.8) is 0 Å². The molecule has 0 saturated carbocycles. The van der Waals surface area contributed by atoms with Crippen LogP contribution in [0.2, 0.25) is 5.02 Å². The fourth-order valence-corrected chi connectivity index (χ4v) is 3.45. The summed E-state index contributed by atoms with van der Waals surface area (Å²) in [7, 11) is 0. The molecule has 3 rings (SSSR count). The van der Waals surface area contributed by atoms with E-state index in [4.69, 9.17) is 11.6 Å². The first-order valence-electron chi connectivity index (χ1n) is 8.74. The number of halogens is 1. The van der Waals surface area contributed by atoms with Crippen molar-refractivity contribution in [1.82, 2.24) is 20.1 Å². The molecule has 146 valence electrons. The largest absolute Gasteiger partial charge is 0.387 e. The Morgan fingerprint density at radius 1 is 1.21 bits per heavy atom. The van der Waals surface area contributed by atoms with E-state index in [2.05, 4.69) is 35.4 Å². The summed E-state index contributed by atoms with van der Waals surface area (Å²) in [5.74, 6) is -0.00991. The molecule has 28 heavy (non-hydrogen) atoms. The van der Waals surface area contributed by atoms with Gasteiger partial charge in [-0.2, -0.15) is 0 Å². The average molecular weight is 417 g/mol. The number of amides is 1. The Kier molecular flexibility index (Phi) is 6.72. The fraction of sp³-hybridized carbons (Fsp3) is 0.250. The molecule has 1 aromatic heterocycles. The highest BCUT2D eigenvalue weighted by Gasteiger charge is 2.13. The predicted molar refractivity (Wildman–Crippen MR) is 111 cm³/mol. The van der Waals surface area contributed by atoms with Crippen LogP contribution in [0, 0.1) is 13.8 Å². The van der Waals surface area contributed by atoms with Crippen LogP contribution in [-0.4, -0.2) is 38.1 Å². The maximum absolute atomic E-state index is 12.2. The lowest BCUT2D eigenvalue weighted by atomic mass is 10.1. The van der Waals surface area contributed by atoms with Crippen molar-refractivity contribution in [3.8, 4) is 5.69 Å². The van der Waals surface area contributed by atoms with Crippen LogP contribution in [0.1, 0.15) is 22.8 Å². The van der Waals surface area contributed by atoms with Gasteiger partial charge in [-0.1, -0.05) is 41.6 Å². The second kappa shape index (κ2) is 9.23. The molecule has 0 fully saturated rings. The van der Waals surface area contributed by atoms with Gasteiger partial charge in [-0.25, -0.2) is 0 Å². The maximum Gasteiger partial charge on any atom is 0.230 e. The van der Waals surface area contributed by atoms with Gasteiger partial charge in [-0.15, -0.1) is 10.2 Å². The number of aliphatic hydroxyl groups excluding tert-OH is 1. The Hall–Kier alpha value is -2.35. The summed E-state index contributed by atoms with van der Waals surface area (Å²) >= 11 is 7.13. The van der Waals surface area contributed by atoms with Crippen LogP contribution in [-0.2, 0) is 4.79 Å². The van der Waals surface area contributed by atoms with Crippen molar-refractivity contribution < 1.29 is 9.90 Å². The number of rotatable bonds is 7. The Bertz CT molecular complexity index is 959. The molecule has 8 heteroatoms. The minimum atomic E-state index is -0.787. The van der Waals surface area contributed by atoms with E-state index in [1.54, 1.807) is 30.6 Å². The third-order valence-electron chi connectivity index (χ3n) is 4.36. The van der Waals surface area contributed by atoms with Crippen molar-refractivity contribution in [2.24, 2.45) is 0 Å². The molecular weight excluding hydrogens is 396 g/mol. The van der Waals surface area contributed by atoms with Crippen molar-refractivity contribution in [1.29, 1.82) is 0 Å². The Labute approximate surface area is 172 Å². The monoisotopic (exact) mass is 416 g/mol. The quantitative estimate of drug-likeness (QED) is 0.576. The maximum atomic E-state index is 12.2. The molecule has 0 saturated heterocycles. The van der Waals surface area contributed by atoms with E-state index in [-0.39, 0.29) is 18.2 Å². The van der Waals surface area contributed by atoms with Gasteiger partial charge >= 0.3 is 0 Å². The summed E-state index contributed by atoms with van der Waals surface area (Å²) in [6, 6.07) is 13.0. The van der Waals surface area contributed by atoms with Crippen LogP contribution >= 0.6 is 23.4 Å². The molecule has 1 amide bonds. The Balaban J connectivity index is 1.54. The van der Waals surface area contributed by atoms with Crippen LogP contribution in [0.3, 0.4) is 0 Å². The molecule has 6 nitrogen and oxygen atoms in total. The van der Waals surface area contributed by atoms with Gasteiger partial charge in [0.15, 0.2) is 5.16 Å². The summed E-state index contributed by atoms with van der Waals surface area (Å²) in [6.45, 7) is 4.24. The molecule has 0 aliphatic rings. The number of nitrogens with one attached hydrogen (secondary N) is 1. The van der Waals surface area contributed by atoms with Crippen molar-refractivity contribution >= 4 is 29.3 Å². The zero-order valence-electron chi connectivity index (χ0n) is 15.6. The van der Waals surface area contributed by atoms with Gasteiger partial charge in [0.1, 0.15) is 6.33 Å². The number of benzene rings is 2. The summed E-state index contributed by atoms with van der Waals surface area (Å²) in [4.78, 5) is 12.2. The number of thioether (sulfide) groups is 1. The number of carbonyl (C=O) groups excluding carboxylic acids is 1. The summed E-state index contributed by atoms with van der Waals surface area (Å²) in [5.41, 5.74) is 4.04. The van der Waals surface area contributed by atoms with E-state index < -0.39 is 6.10 Å². The van der Waals surface area contributed by atoms with Gasteiger partial charge in [0.25, 0.3) is 0 Å². The summed E-state index contributed by atoms with van der Waals surface area (Å²) in [5, 5.41) is 22.2. The molecule has 2 aromatic carbocycles. The van der Waals surface area contributed by atoms with Gasteiger partial charge < -0.3 is 10.4 Å². The molecule has 0 aliphatic carbocycles. The van der Waals surface area contributed by atoms with E-state index in [9.17, 15) is 9.90 Å². The molecule has 1 unspecified atom stereocenters. The third kappa shape index (κ3) is 5.13. The SMILES string of the molecule is Cc1ccc(-n2cnnc2SCC(=O)NCC(O)c2ccc(Cl)cc2)cc1C. The van der Waals surface area contributed by atoms with Crippen LogP contribution in [0.4, 0.5) is 0 Å². The van der Waals surface area contributed by atoms with Gasteiger partial charge in [-0.05, 0) is 54.8 Å². The van der Waals surface area contributed by atoms with Gasteiger partial charge in [0.05, 0.1) is 11.9 Å². The minimum Gasteiger partial charge on any atom is -0.387 e. The lowest BCUT2D eigenvalue weighted by molar-refractivity contribution is -0.119. The van der Waals surface area contributed by atoms with Crippen LogP contribution < -0.4 is 5.32 Å². The Morgan fingerprint density at radius 2 is 1.96 bits per heavy atom. The number of hydrogen-bond acceptors (Lipinski definition) is 5. The second-order valence-corrected chi connectivity index (χ2v) is 7.79. The molecule has 3 aromatic rings. The number of carbonyl (C=O) groups is 1. The third-order valence-corrected chi connectivity index (χ3v) is 5.56. The highest BCUT2D eigenvalue weighted by Crippen LogP contribution is 2.21. The number of aromatic nitrogens is 3. The number of nitrogens with zero attached hydrogens (tertiary/aromatic N) is 3. The number of aliphatic hydroxyl groups is 1. The predicted octanol–water partition coefficient (Wildman–Crippen LogP) is 3.48. The fourth-order valence-electron chi connectivity index (χ4n) is 2.57. The van der Waals surface area contributed by atoms with E-state index in [0.717, 1.165) is 5.69 Å². The van der Waals surface area contributed by atoms with E-state index in [0.29, 0.717) is 15.7 Å². The molecule has 0 aliphatic heterocycles. The first-order valence-corrected chi connectivity index (χ1v) is 10.1. The van der Waals surface area contributed by atoms with Gasteiger partial charge in [-0.3, -0.25) is 9.36 Å². The molecule has 2 N–H and O–H groups in total. The van der Waals surface area contributed by atoms with Gasteiger partial charge in [0, 0.05) is 17.3 Å². The highest BCUT2D eigenvalue weighted by atomic mass is 35.5. The lowest BCUT2D eigenvalue weighted by Crippen LogP contribution is -2.29. The summed E-state index contributed by atoms with van der Waals surface area (Å²) in [6.07, 6.45) is 0.847. The van der Waals surface area contributed by atoms with Crippen LogP contribution in [0.25, 0.3) is 5.69 Å². The topological polar surface area (TPSA) is 80.0 Å². The smallest absolute Gasteiger partial charge is 0.230 e. The molecule has 0 spiro atoms. The molecule has 1 atom stereocenters. The molecular formula is C20H21ClN4O2S. The zero-order valence-corrected chi connectivity index (χ0v) is 17.2. The standard InChI is InChI=1S/C20H21ClN4O2S/c1-13-3-8-17(9-14(13)2)25-12-23-24-20(25)28-11-19(27)22-10-18(26)15-4-6-16(21)7-5-15/h3-9,12,18,26H,10-11H2,1-2H3,(H,22,27). The second-order valence-electron chi connectivity index (χ2n) is 6.41. The Morgan fingerprint density at radius 3 is 2.68 bits per heavy atom. The summed E-state index contributed by atoms with van der Waals surface area (Å²) < 4.78 is 1.85. The zero-order chi connectivity index (χ0) is 20.1. The normalized spacial score (nSPS) is 12.0. The van der Waals surface area contributed by atoms with Crippen molar-refractivity contribution in [3.05, 3.63) is 70.5 Å². The first-order chi connectivity index (χ1) is 13.4. The van der Waals surface area contributed by atoms with E-state index >= 15 is 0 Å². The highest BCUT2D eigenvalue weighted by molar-refractivity contribution is 7.99. The molecule has 0 radical (unpaired) electrons. The van der Waals surface area contributed by atoms with Crippen LogP contribution in [0.5, 0.6) is 0 Å². The van der Waals surface area contributed by atoms with Crippen LogP contribution in [0.15, 0.2) is 53.9 Å². The van der Waals surface area contributed by atoms with Gasteiger partial charge in [0.2, 0.25) is 5.91 Å². The lowest BCUT2D eigenvalue weighted by Gasteiger charge is -2.12. The molecule has 0 bridgehead atoms. The molecule has 1 heterocycles. The van der Waals surface area contributed by atoms with E-state index in [1.807, 2.05) is 16.7 Å². The van der Waals surface area contributed by atoms with E-state index in [1.165, 1.54) is 22.9 Å². The van der Waals surface area contributed by atoms with Crippen molar-refractivity contribution in [2.75, 3.05) is 12.3 Å². The number of hydrogen-bond donors (Lipinski definition) is 2.